The number of hydrogen-bond donors (Lipinski definition) is 2. The molecule has 0 saturated carbocycles. The molecule has 1 fully saturated rings. The number of hydrogen-bond acceptors (Lipinski definition) is 5. The molecule has 2 N–H and O–H groups in total. The van der Waals surface area contributed by atoms with Gasteiger partial charge in [0.2, 0.25) is 10.0 Å². The Morgan fingerprint density at radius 3 is 3.10 bits per heavy atom. The van der Waals surface area contributed by atoms with Crippen LogP contribution in [0.15, 0.2) is 23.1 Å². The predicted molar refractivity (Wildman–Crippen MR) is 78.8 cm³/mol. The third kappa shape index (κ3) is 2.78. The first-order valence-electron chi connectivity index (χ1n) is 7.20. The molecule has 3 rings (SSSR count). The number of aryl methyl sites for hydroxylation is 1. The van der Waals surface area contributed by atoms with Crippen LogP contribution in [0, 0.1) is 0 Å². The standard InChI is InChI=1S/C14H20N2O4S/c17-9-12-10-20-7-6-16(12)21(18,19)13-3-4-14-11(8-13)2-1-5-15-14/h3-4,8,12,15,17H,1-2,5-7,9-10H2. The summed E-state index contributed by atoms with van der Waals surface area (Å²) in [6.45, 7) is 1.58. The van der Waals surface area contributed by atoms with Crippen molar-refractivity contribution in [2.75, 3.05) is 38.2 Å². The van der Waals surface area contributed by atoms with Gasteiger partial charge in [-0.25, -0.2) is 8.42 Å². The zero-order chi connectivity index (χ0) is 14.9. The molecule has 1 atom stereocenters. The monoisotopic (exact) mass is 312 g/mol. The van der Waals surface area contributed by atoms with Crippen LogP contribution in [0.4, 0.5) is 5.69 Å². The minimum atomic E-state index is -3.59. The number of aliphatic hydroxyl groups excluding tert-OH is 1. The van der Waals surface area contributed by atoms with Gasteiger partial charge in [0.25, 0.3) is 0 Å². The van der Waals surface area contributed by atoms with Gasteiger partial charge in [0.15, 0.2) is 0 Å². The SMILES string of the molecule is O=S(=O)(c1ccc2c(c1)CCCN2)N1CCOCC1CO. The molecule has 0 aliphatic carbocycles. The second-order valence-corrected chi connectivity index (χ2v) is 7.27. The van der Waals surface area contributed by atoms with Gasteiger partial charge in [-0.05, 0) is 36.6 Å². The van der Waals surface area contributed by atoms with Gasteiger partial charge < -0.3 is 15.2 Å². The lowest BCUT2D eigenvalue weighted by Crippen LogP contribution is -2.50. The highest BCUT2D eigenvalue weighted by atomic mass is 32.2. The van der Waals surface area contributed by atoms with Gasteiger partial charge in [-0.3, -0.25) is 0 Å². The molecule has 1 saturated heterocycles. The molecule has 21 heavy (non-hydrogen) atoms. The van der Waals surface area contributed by atoms with Gasteiger partial charge in [0.05, 0.1) is 30.8 Å². The average molecular weight is 312 g/mol. The molecule has 2 aliphatic rings. The number of nitrogens with one attached hydrogen (secondary N) is 1. The fourth-order valence-corrected chi connectivity index (χ4v) is 4.48. The molecule has 2 heterocycles. The fraction of sp³-hybridized carbons (Fsp3) is 0.571. The molecule has 0 spiro atoms. The zero-order valence-corrected chi connectivity index (χ0v) is 12.6. The Morgan fingerprint density at radius 1 is 1.43 bits per heavy atom. The van der Waals surface area contributed by atoms with Gasteiger partial charge in [-0.15, -0.1) is 0 Å². The van der Waals surface area contributed by atoms with Gasteiger partial charge in [0.1, 0.15) is 0 Å². The summed E-state index contributed by atoms with van der Waals surface area (Å²) < 4.78 is 32.2. The van der Waals surface area contributed by atoms with E-state index in [1.807, 2.05) is 6.07 Å². The van der Waals surface area contributed by atoms with Crippen molar-refractivity contribution in [3.8, 4) is 0 Å². The Hall–Kier alpha value is -1.15. The van der Waals surface area contributed by atoms with Crippen LogP contribution in [0.25, 0.3) is 0 Å². The van der Waals surface area contributed by atoms with E-state index in [0.717, 1.165) is 30.6 Å². The van der Waals surface area contributed by atoms with E-state index in [1.165, 1.54) is 4.31 Å². The highest BCUT2D eigenvalue weighted by molar-refractivity contribution is 7.89. The zero-order valence-electron chi connectivity index (χ0n) is 11.8. The van der Waals surface area contributed by atoms with Crippen LogP contribution in [-0.2, 0) is 21.2 Å². The van der Waals surface area contributed by atoms with Gasteiger partial charge >= 0.3 is 0 Å². The van der Waals surface area contributed by atoms with Crippen molar-refractivity contribution in [1.29, 1.82) is 0 Å². The topological polar surface area (TPSA) is 78.9 Å². The number of anilines is 1. The summed E-state index contributed by atoms with van der Waals surface area (Å²) in [5, 5.41) is 12.6. The van der Waals surface area contributed by atoms with Gasteiger partial charge in [-0.1, -0.05) is 0 Å². The van der Waals surface area contributed by atoms with Crippen molar-refractivity contribution in [2.24, 2.45) is 0 Å². The number of ether oxygens (including phenoxy) is 1. The second-order valence-electron chi connectivity index (χ2n) is 5.38. The minimum Gasteiger partial charge on any atom is -0.395 e. The summed E-state index contributed by atoms with van der Waals surface area (Å²) in [5.74, 6) is 0. The number of fused-ring (bicyclic) bond motifs is 1. The van der Waals surface area contributed by atoms with Crippen LogP contribution < -0.4 is 5.32 Å². The molecule has 2 aliphatic heterocycles. The molecule has 1 aromatic carbocycles. The van der Waals surface area contributed by atoms with E-state index < -0.39 is 16.1 Å². The van der Waals surface area contributed by atoms with Crippen LogP contribution >= 0.6 is 0 Å². The molecule has 6 nitrogen and oxygen atoms in total. The first-order chi connectivity index (χ1) is 10.1. The number of nitrogens with zero attached hydrogens (tertiary/aromatic N) is 1. The number of aliphatic hydroxyl groups is 1. The molecule has 1 unspecified atom stereocenters. The van der Waals surface area contributed by atoms with Crippen molar-refractivity contribution in [2.45, 2.75) is 23.8 Å². The lowest BCUT2D eigenvalue weighted by molar-refractivity contribution is 0.0109. The third-order valence-corrected chi connectivity index (χ3v) is 5.95. The van der Waals surface area contributed by atoms with E-state index in [9.17, 15) is 13.5 Å². The number of rotatable bonds is 3. The minimum absolute atomic E-state index is 0.230. The highest BCUT2D eigenvalue weighted by Crippen LogP contribution is 2.27. The first kappa shape index (κ1) is 14.8. The van der Waals surface area contributed by atoms with Crippen LogP contribution in [0.3, 0.4) is 0 Å². The van der Waals surface area contributed by atoms with E-state index >= 15 is 0 Å². The molecule has 0 amide bonds. The molecule has 0 bridgehead atoms. The van der Waals surface area contributed by atoms with E-state index in [4.69, 9.17) is 4.74 Å². The van der Waals surface area contributed by atoms with Crippen LogP contribution in [-0.4, -0.2) is 56.8 Å². The Morgan fingerprint density at radius 2 is 2.29 bits per heavy atom. The normalized spacial score (nSPS) is 23.4. The molecule has 0 aromatic heterocycles. The van der Waals surface area contributed by atoms with E-state index in [1.54, 1.807) is 12.1 Å². The third-order valence-electron chi connectivity index (χ3n) is 4.01. The fourth-order valence-electron chi connectivity index (χ4n) is 2.85. The van der Waals surface area contributed by atoms with Crippen LogP contribution in [0.2, 0.25) is 0 Å². The Labute approximate surface area is 124 Å². The van der Waals surface area contributed by atoms with Crippen molar-refractivity contribution in [3.05, 3.63) is 23.8 Å². The number of morpholine rings is 1. The summed E-state index contributed by atoms with van der Waals surface area (Å²) in [7, 11) is -3.59. The summed E-state index contributed by atoms with van der Waals surface area (Å²) >= 11 is 0. The average Bonchev–Trinajstić information content (AvgIpc) is 2.54. The van der Waals surface area contributed by atoms with Crippen molar-refractivity contribution >= 4 is 15.7 Å². The molecule has 1 aromatic rings. The van der Waals surface area contributed by atoms with E-state index in [2.05, 4.69) is 5.32 Å². The molecule has 0 radical (unpaired) electrons. The quantitative estimate of drug-likeness (QED) is 0.846. The summed E-state index contributed by atoms with van der Waals surface area (Å²) in [5.41, 5.74) is 2.05. The Balaban J connectivity index is 1.94. The maximum absolute atomic E-state index is 12.8. The Bertz CT molecular complexity index is 617. The molecular weight excluding hydrogens is 292 g/mol. The van der Waals surface area contributed by atoms with E-state index in [-0.39, 0.29) is 19.8 Å². The van der Waals surface area contributed by atoms with Crippen LogP contribution in [0.5, 0.6) is 0 Å². The Kier molecular flexibility index (Phi) is 4.17. The van der Waals surface area contributed by atoms with Crippen molar-refractivity contribution in [3.63, 3.8) is 0 Å². The lowest BCUT2D eigenvalue weighted by atomic mass is 10.0. The van der Waals surface area contributed by atoms with Gasteiger partial charge in [0, 0.05) is 18.8 Å². The molecule has 7 heteroatoms. The van der Waals surface area contributed by atoms with Crippen LogP contribution in [0.1, 0.15) is 12.0 Å². The largest absolute Gasteiger partial charge is 0.395 e. The van der Waals surface area contributed by atoms with Crippen molar-refractivity contribution < 1.29 is 18.3 Å². The first-order valence-corrected chi connectivity index (χ1v) is 8.64. The predicted octanol–water partition coefficient (Wildman–Crippen LogP) is 0.426. The highest BCUT2D eigenvalue weighted by Gasteiger charge is 2.34. The smallest absolute Gasteiger partial charge is 0.243 e. The maximum Gasteiger partial charge on any atom is 0.243 e. The van der Waals surface area contributed by atoms with E-state index in [0.29, 0.717) is 11.5 Å². The summed E-state index contributed by atoms with van der Waals surface area (Å²) in [4.78, 5) is 0.297. The molecule has 116 valence electrons. The number of sulfonamides is 1. The molecular formula is C14H20N2O4S. The lowest BCUT2D eigenvalue weighted by Gasteiger charge is -2.33. The summed E-state index contributed by atoms with van der Waals surface area (Å²) in [6, 6.07) is 4.71. The summed E-state index contributed by atoms with van der Waals surface area (Å²) in [6.07, 6.45) is 1.89. The maximum atomic E-state index is 12.8. The second kappa shape index (κ2) is 5.92. The number of benzene rings is 1. The van der Waals surface area contributed by atoms with Gasteiger partial charge in [-0.2, -0.15) is 4.31 Å². The van der Waals surface area contributed by atoms with Crippen molar-refractivity contribution in [1.82, 2.24) is 4.31 Å².